The van der Waals surface area contributed by atoms with E-state index in [1.54, 1.807) is 42.4 Å². The first-order valence-corrected chi connectivity index (χ1v) is 8.80. The second-order valence-corrected chi connectivity index (χ2v) is 6.25. The van der Waals surface area contributed by atoms with Gasteiger partial charge in [0.25, 0.3) is 5.91 Å². The first-order chi connectivity index (χ1) is 13.3. The monoisotopic (exact) mass is 364 g/mol. The van der Waals surface area contributed by atoms with Gasteiger partial charge < -0.3 is 15.0 Å². The van der Waals surface area contributed by atoms with Gasteiger partial charge in [-0.2, -0.15) is 5.10 Å². The standard InChI is InChI=1S/C19H20N6O2/c1-27-17-7-3-2-6-15(17)19(26)23-14-10-22-25(12-14)18-16(11-20-13-21-18)24-8-4-5-9-24/h2-3,6-7,10-13H,4-5,8-9H2,1H3,(H,23,26). The minimum Gasteiger partial charge on any atom is -0.496 e. The number of anilines is 2. The lowest BCUT2D eigenvalue weighted by molar-refractivity contribution is 0.102. The molecule has 1 fully saturated rings. The number of nitrogens with one attached hydrogen (secondary N) is 1. The third kappa shape index (κ3) is 3.46. The SMILES string of the molecule is COc1ccccc1C(=O)Nc1cnn(-c2ncncc2N2CCCC2)c1. The van der Waals surface area contributed by atoms with Crippen LogP contribution >= 0.6 is 0 Å². The molecule has 3 heterocycles. The summed E-state index contributed by atoms with van der Waals surface area (Å²) in [6, 6.07) is 7.09. The van der Waals surface area contributed by atoms with Crippen molar-refractivity contribution in [3.05, 3.63) is 54.7 Å². The maximum absolute atomic E-state index is 12.6. The Hall–Kier alpha value is -3.42. The molecule has 3 aromatic rings. The summed E-state index contributed by atoms with van der Waals surface area (Å²) in [4.78, 5) is 23.3. The van der Waals surface area contributed by atoms with E-state index in [0.29, 0.717) is 22.8 Å². The Morgan fingerprint density at radius 1 is 1.19 bits per heavy atom. The van der Waals surface area contributed by atoms with Crippen molar-refractivity contribution in [2.24, 2.45) is 0 Å². The molecule has 27 heavy (non-hydrogen) atoms. The topological polar surface area (TPSA) is 85.2 Å². The van der Waals surface area contributed by atoms with Gasteiger partial charge in [0.15, 0.2) is 5.82 Å². The molecule has 1 aliphatic heterocycles. The summed E-state index contributed by atoms with van der Waals surface area (Å²) >= 11 is 0. The molecule has 1 amide bonds. The Morgan fingerprint density at radius 3 is 2.81 bits per heavy atom. The van der Waals surface area contributed by atoms with Crippen LogP contribution in [0, 0.1) is 0 Å². The minimum atomic E-state index is -0.255. The minimum absolute atomic E-state index is 0.255. The highest BCUT2D eigenvalue weighted by molar-refractivity contribution is 6.06. The molecule has 0 atom stereocenters. The van der Waals surface area contributed by atoms with Gasteiger partial charge in [-0.25, -0.2) is 14.6 Å². The van der Waals surface area contributed by atoms with Crippen LogP contribution in [0.25, 0.3) is 5.82 Å². The largest absolute Gasteiger partial charge is 0.496 e. The van der Waals surface area contributed by atoms with Crippen molar-refractivity contribution in [1.82, 2.24) is 19.7 Å². The number of rotatable bonds is 5. The average molecular weight is 364 g/mol. The van der Waals surface area contributed by atoms with Crippen LogP contribution in [0.5, 0.6) is 5.75 Å². The molecule has 8 nitrogen and oxygen atoms in total. The van der Waals surface area contributed by atoms with Crippen LogP contribution < -0.4 is 15.0 Å². The van der Waals surface area contributed by atoms with Crippen molar-refractivity contribution < 1.29 is 9.53 Å². The Morgan fingerprint density at radius 2 is 2.00 bits per heavy atom. The quantitative estimate of drug-likeness (QED) is 0.749. The number of methoxy groups -OCH3 is 1. The molecule has 1 aromatic carbocycles. The lowest BCUT2D eigenvalue weighted by Gasteiger charge is -2.19. The molecule has 0 bridgehead atoms. The van der Waals surface area contributed by atoms with E-state index in [9.17, 15) is 4.79 Å². The first kappa shape index (κ1) is 17.0. The molecule has 1 saturated heterocycles. The van der Waals surface area contributed by atoms with E-state index in [1.807, 2.05) is 12.3 Å². The molecular weight excluding hydrogens is 344 g/mol. The summed E-state index contributed by atoms with van der Waals surface area (Å²) in [6.45, 7) is 1.97. The highest BCUT2D eigenvalue weighted by Gasteiger charge is 2.19. The van der Waals surface area contributed by atoms with Crippen LogP contribution in [0.3, 0.4) is 0 Å². The molecule has 0 spiro atoms. The van der Waals surface area contributed by atoms with E-state index in [2.05, 4.69) is 25.3 Å². The van der Waals surface area contributed by atoms with Gasteiger partial charge in [0.1, 0.15) is 17.8 Å². The van der Waals surface area contributed by atoms with Crippen LogP contribution in [-0.4, -0.2) is 45.9 Å². The van der Waals surface area contributed by atoms with Crippen molar-refractivity contribution in [3.8, 4) is 11.6 Å². The number of para-hydroxylation sites is 1. The highest BCUT2D eigenvalue weighted by atomic mass is 16.5. The molecule has 0 aliphatic carbocycles. The van der Waals surface area contributed by atoms with Gasteiger partial charge in [0, 0.05) is 13.1 Å². The Labute approximate surface area is 156 Å². The number of nitrogens with zero attached hydrogens (tertiary/aromatic N) is 5. The maximum atomic E-state index is 12.6. The van der Waals surface area contributed by atoms with E-state index in [1.165, 1.54) is 6.33 Å². The average Bonchev–Trinajstić information content (AvgIpc) is 3.40. The second-order valence-electron chi connectivity index (χ2n) is 6.25. The third-order valence-corrected chi connectivity index (χ3v) is 4.53. The van der Waals surface area contributed by atoms with Crippen LogP contribution in [0.4, 0.5) is 11.4 Å². The number of amides is 1. The van der Waals surface area contributed by atoms with Gasteiger partial charge >= 0.3 is 0 Å². The van der Waals surface area contributed by atoms with E-state index in [4.69, 9.17) is 4.74 Å². The Bertz CT molecular complexity index is 949. The number of aromatic nitrogens is 4. The zero-order valence-electron chi connectivity index (χ0n) is 15.0. The van der Waals surface area contributed by atoms with Gasteiger partial charge in [-0.05, 0) is 25.0 Å². The van der Waals surface area contributed by atoms with Crippen molar-refractivity contribution in [2.75, 3.05) is 30.4 Å². The second kappa shape index (κ2) is 7.45. The van der Waals surface area contributed by atoms with Gasteiger partial charge in [-0.15, -0.1) is 0 Å². The number of carbonyl (C=O) groups is 1. The number of carbonyl (C=O) groups excluding carboxylic acids is 1. The fraction of sp³-hybridized carbons (Fsp3) is 0.263. The van der Waals surface area contributed by atoms with Crippen LogP contribution in [0.1, 0.15) is 23.2 Å². The number of hydrogen-bond acceptors (Lipinski definition) is 6. The summed E-state index contributed by atoms with van der Waals surface area (Å²) in [7, 11) is 1.54. The van der Waals surface area contributed by atoms with E-state index in [-0.39, 0.29) is 5.91 Å². The first-order valence-electron chi connectivity index (χ1n) is 8.80. The van der Waals surface area contributed by atoms with E-state index in [0.717, 1.165) is 31.6 Å². The predicted molar refractivity (Wildman–Crippen MR) is 102 cm³/mol. The predicted octanol–water partition coefficient (Wildman–Crippen LogP) is 2.52. The highest BCUT2D eigenvalue weighted by Crippen LogP contribution is 2.25. The molecule has 1 aliphatic rings. The van der Waals surface area contributed by atoms with Crippen molar-refractivity contribution in [2.45, 2.75) is 12.8 Å². The van der Waals surface area contributed by atoms with Gasteiger partial charge in [-0.3, -0.25) is 4.79 Å². The summed E-state index contributed by atoms with van der Waals surface area (Å²) in [5, 5.41) is 7.21. The lowest BCUT2D eigenvalue weighted by Crippen LogP contribution is -2.20. The molecular formula is C19H20N6O2. The summed E-state index contributed by atoms with van der Waals surface area (Å²) < 4.78 is 6.91. The molecule has 4 rings (SSSR count). The van der Waals surface area contributed by atoms with Crippen molar-refractivity contribution >= 4 is 17.3 Å². The third-order valence-electron chi connectivity index (χ3n) is 4.53. The molecule has 8 heteroatoms. The zero-order chi connectivity index (χ0) is 18.6. The molecule has 0 radical (unpaired) electrons. The smallest absolute Gasteiger partial charge is 0.259 e. The maximum Gasteiger partial charge on any atom is 0.259 e. The molecule has 1 N–H and O–H groups in total. The van der Waals surface area contributed by atoms with E-state index < -0.39 is 0 Å². The molecule has 138 valence electrons. The van der Waals surface area contributed by atoms with Crippen molar-refractivity contribution in [1.29, 1.82) is 0 Å². The number of benzene rings is 1. The van der Waals surface area contributed by atoms with Crippen LogP contribution in [0.15, 0.2) is 49.2 Å². The van der Waals surface area contributed by atoms with Crippen LogP contribution in [-0.2, 0) is 0 Å². The molecule has 0 unspecified atom stereocenters. The summed E-state index contributed by atoms with van der Waals surface area (Å²) in [5.41, 5.74) is 1.99. The van der Waals surface area contributed by atoms with Gasteiger partial charge in [0.2, 0.25) is 0 Å². The Balaban J connectivity index is 1.57. The fourth-order valence-corrected chi connectivity index (χ4v) is 3.21. The summed E-state index contributed by atoms with van der Waals surface area (Å²) in [6.07, 6.45) is 8.98. The molecule has 2 aromatic heterocycles. The fourth-order valence-electron chi connectivity index (χ4n) is 3.21. The van der Waals surface area contributed by atoms with E-state index >= 15 is 0 Å². The molecule has 0 saturated carbocycles. The number of hydrogen-bond donors (Lipinski definition) is 1. The van der Waals surface area contributed by atoms with Gasteiger partial charge in [-0.1, -0.05) is 12.1 Å². The zero-order valence-corrected chi connectivity index (χ0v) is 15.0. The van der Waals surface area contributed by atoms with Gasteiger partial charge in [0.05, 0.1) is 37.0 Å². The van der Waals surface area contributed by atoms with Crippen molar-refractivity contribution in [3.63, 3.8) is 0 Å². The lowest BCUT2D eigenvalue weighted by atomic mass is 10.2. The Kier molecular flexibility index (Phi) is 4.69. The van der Waals surface area contributed by atoms with Crippen LogP contribution in [0.2, 0.25) is 0 Å². The normalized spacial score (nSPS) is 13.6. The number of ether oxygens (including phenoxy) is 1. The summed E-state index contributed by atoms with van der Waals surface area (Å²) in [5.74, 6) is 0.966.